The summed E-state index contributed by atoms with van der Waals surface area (Å²) in [6.07, 6.45) is 1.48. The normalized spacial score (nSPS) is 11.5. The molecule has 0 unspecified atom stereocenters. The van der Waals surface area contributed by atoms with Gasteiger partial charge in [-0.3, -0.25) is 4.79 Å². The molecule has 0 rings (SSSR count). The largest absolute Gasteiger partial charge is 0.481 e. The number of hydrogen-bond acceptors (Lipinski definition) is 3. The molecule has 0 radical (unpaired) electrons. The van der Waals surface area contributed by atoms with Crippen molar-refractivity contribution in [1.29, 1.82) is 0 Å². The van der Waals surface area contributed by atoms with E-state index >= 15 is 0 Å². The Hall–Kier alpha value is -0.330. The van der Waals surface area contributed by atoms with E-state index in [0.29, 0.717) is 25.1 Å². The van der Waals surface area contributed by atoms with Crippen LogP contribution in [-0.4, -0.2) is 37.7 Å². The Morgan fingerprint density at radius 2 is 1.93 bits per heavy atom. The molecule has 0 aromatic heterocycles. The van der Waals surface area contributed by atoms with Gasteiger partial charge in [0.15, 0.2) is 0 Å². The molecule has 15 heavy (non-hydrogen) atoms. The van der Waals surface area contributed by atoms with Crippen LogP contribution in [0.2, 0.25) is 0 Å². The summed E-state index contributed by atoms with van der Waals surface area (Å²) in [4.78, 5) is 10.1. The smallest absolute Gasteiger partial charge is 0.303 e. The van der Waals surface area contributed by atoms with Crippen molar-refractivity contribution in [3.8, 4) is 0 Å². The Labute approximate surface area is 94.9 Å². The van der Waals surface area contributed by atoms with Crippen LogP contribution in [-0.2, 0) is 14.8 Å². The third-order valence-corrected chi connectivity index (χ3v) is 3.42. The van der Waals surface area contributed by atoms with E-state index in [0.717, 1.165) is 0 Å². The van der Waals surface area contributed by atoms with Crippen molar-refractivity contribution in [2.45, 2.75) is 25.7 Å². The number of aliphatic carboxylic acids is 1. The highest BCUT2D eigenvalue weighted by molar-refractivity contribution is 7.89. The van der Waals surface area contributed by atoms with Crippen molar-refractivity contribution in [3.63, 3.8) is 0 Å². The fourth-order valence-corrected chi connectivity index (χ4v) is 2.30. The summed E-state index contributed by atoms with van der Waals surface area (Å²) in [5.74, 6) is -0.419. The van der Waals surface area contributed by atoms with Crippen LogP contribution in [0.3, 0.4) is 0 Å². The van der Waals surface area contributed by atoms with Crippen molar-refractivity contribution in [3.05, 3.63) is 0 Å². The molecule has 0 aliphatic carbocycles. The van der Waals surface area contributed by atoms with E-state index in [1.807, 2.05) is 0 Å². The first kappa shape index (κ1) is 14.7. The van der Waals surface area contributed by atoms with Gasteiger partial charge in [-0.2, -0.15) is 0 Å². The van der Waals surface area contributed by atoms with Gasteiger partial charge in [0.1, 0.15) is 0 Å². The monoisotopic (exact) mass is 257 g/mol. The Kier molecular flexibility index (Phi) is 7.72. The van der Waals surface area contributed by atoms with Crippen molar-refractivity contribution >= 4 is 27.6 Å². The van der Waals surface area contributed by atoms with Gasteiger partial charge in [-0.15, -0.1) is 11.6 Å². The van der Waals surface area contributed by atoms with Crippen molar-refractivity contribution < 1.29 is 18.3 Å². The zero-order valence-electron chi connectivity index (χ0n) is 8.41. The molecule has 0 aliphatic rings. The number of carboxylic acid groups (broad SMARTS) is 1. The third-order valence-electron chi connectivity index (χ3n) is 1.69. The quantitative estimate of drug-likeness (QED) is 0.473. The summed E-state index contributed by atoms with van der Waals surface area (Å²) in [5.41, 5.74) is 0. The van der Waals surface area contributed by atoms with E-state index in [1.54, 1.807) is 0 Å². The molecular weight excluding hydrogens is 242 g/mol. The predicted molar refractivity (Wildman–Crippen MR) is 58.6 cm³/mol. The minimum atomic E-state index is -3.25. The maximum absolute atomic E-state index is 11.2. The van der Waals surface area contributed by atoms with Crippen LogP contribution in [0.25, 0.3) is 0 Å². The van der Waals surface area contributed by atoms with Crippen molar-refractivity contribution in [2.24, 2.45) is 0 Å². The first-order chi connectivity index (χ1) is 6.98. The van der Waals surface area contributed by atoms with E-state index in [1.165, 1.54) is 0 Å². The first-order valence-electron chi connectivity index (χ1n) is 4.73. The van der Waals surface area contributed by atoms with Crippen LogP contribution in [0.15, 0.2) is 0 Å². The van der Waals surface area contributed by atoms with Gasteiger partial charge < -0.3 is 5.11 Å². The lowest BCUT2D eigenvalue weighted by atomic mass is 10.3. The maximum atomic E-state index is 11.2. The zero-order valence-corrected chi connectivity index (χ0v) is 9.98. The Morgan fingerprint density at radius 3 is 2.47 bits per heavy atom. The van der Waals surface area contributed by atoms with Crippen LogP contribution in [0.1, 0.15) is 25.7 Å². The minimum Gasteiger partial charge on any atom is -0.481 e. The molecule has 0 saturated carbocycles. The van der Waals surface area contributed by atoms with Crippen LogP contribution in [0.4, 0.5) is 0 Å². The van der Waals surface area contributed by atoms with Gasteiger partial charge in [-0.25, -0.2) is 13.1 Å². The molecule has 0 bridgehead atoms. The standard InChI is InChI=1S/C8H16ClNO4S/c9-5-1-2-7-15(13,14)10-6-3-4-8(11)12/h10H,1-7H2,(H,11,12). The molecule has 5 nitrogen and oxygen atoms in total. The predicted octanol–water partition coefficient (Wildman–Crippen LogP) is 0.790. The summed E-state index contributed by atoms with van der Waals surface area (Å²) in [5, 5.41) is 8.32. The first-order valence-corrected chi connectivity index (χ1v) is 6.92. The number of halogens is 1. The van der Waals surface area contributed by atoms with Crippen LogP contribution in [0.5, 0.6) is 0 Å². The number of unbranched alkanes of at least 4 members (excludes halogenated alkanes) is 1. The molecule has 0 aromatic rings. The van der Waals surface area contributed by atoms with Gasteiger partial charge in [0.2, 0.25) is 10.0 Å². The maximum Gasteiger partial charge on any atom is 0.303 e. The SMILES string of the molecule is O=C(O)CCCNS(=O)(=O)CCCCCl. The molecule has 0 atom stereocenters. The number of hydrogen-bond donors (Lipinski definition) is 2. The van der Waals surface area contributed by atoms with Crippen molar-refractivity contribution in [1.82, 2.24) is 4.72 Å². The number of carbonyl (C=O) groups is 1. The molecule has 0 aromatic carbocycles. The Balaban J connectivity index is 3.60. The van der Waals surface area contributed by atoms with Crippen LogP contribution < -0.4 is 4.72 Å². The second-order valence-corrected chi connectivity index (χ2v) is 5.41. The van der Waals surface area contributed by atoms with Gasteiger partial charge in [-0.1, -0.05) is 0 Å². The van der Waals surface area contributed by atoms with E-state index in [4.69, 9.17) is 16.7 Å². The Bertz CT molecular complexity index is 278. The molecular formula is C8H16ClNO4S. The van der Waals surface area contributed by atoms with Gasteiger partial charge in [-0.05, 0) is 19.3 Å². The second-order valence-electron chi connectivity index (χ2n) is 3.11. The average Bonchev–Trinajstić information content (AvgIpc) is 2.13. The average molecular weight is 258 g/mol. The topological polar surface area (TPSA) is 83.5 Å². The van der Waals surface area contributed by atoms with Gasteiger partial charge >= 0.3 is 5.97 Å². The molecule has 0 fully saturated rings. The second kappa shape index (κ2) is 7.90. The molecule has 90 valence electrons. The molecule has 0 aliphatic heterocycles. The number of alkyl halides is 1. The highest BCUT2D eigenvalue weighted by Gasteiger charge is 2.08. The fourth-order valence-electron chi connectivity index (χ4n) is 0.926. The van der Waals surface area contributed by atoms with Crippen LogP contribution >= 0.6 is 11.6 Å². The number of sulfonamides is 1. The van der Waals surface area contributed by atoms with Gasteiger partial charge in [0, 0.05) is 18.8 Å². The summed E-state index contributed by atoms with van der Waals surface area (Å²) < 4.78 is 24.8. The molecule has 7 heteroatoms. The highest BCUT2D eigenvalue weighted by Crippen LogP contribution is 1.97. The van der Waals surface area contributed by atoms with Gasteiger partial charge in [0.25, 0.3) is 0 Å². The van der Waals surface area contributed by atoms with Crippen molar-refractivity contribution in [2.75, 3.05) is 18.2 Å². The van der Waals surface area contributed by atoms with Gasteiger partial charge in [0.05, 0.1) is 5.75 Å². The zero-order chi connectivity index (χ0) is 11.7. The highest BCUT2D eigenvalue weighted by atomic mass is 35.5. The molecule has 0 spiro atoms. The summed E-state index contributed by atoms with van der Waals surface area (Å²) in [6.45, 7) is 0.176. The van der Waals surface area contributed by atoms with E-state index < -0.39 is 16.0 Å². The molecule has 0 saturated heterocycles. The lowest BCUT2D eigenvalue weighted by Crippen LogP contribution is -2.27. The Morgan fingerprint density at radius 1 is 1.27 bits per heavy atom. The van der Waals surface area contributed by atoms with E-state index in [9.17, 15) is 13.2 Å². The number of carboxylic acids is 1. The summed E-state index contributed by atoms with van der Waals surface area (Å²) in [6, 6.07) is 0. The van der Waals surface area contributed by atoms with Crippen LogP contribution in [0, 0.1) is 0 Å². The van der Waals surface area contributed by atoms with E-state index in [-0.39, 0.29) is 18.7 Å². The molecule has 0 heterocycles. The van der Waals surface area contributed by atoms with E-state index in [2.05, 4.69) is 4.72 Å². The number of rotatable bonds is 9. The molecule has 0 amide bonds. The summed E-state index contributed by atoms with van der Waals surface area (Å²) in [7, 11) is -3.25. The summed E-state index contributed by atoms with van der Waals surface area (Å²) >= 11 is 5.41. The minimum absolute atomic E-state index is 0.0236. The molecule has 2 N–H and O–H groups in total. The lowest BCUT2D eigenvalue weighted by molar-refractivity contribution is -0.137. The third kappa shape index (κ3) is 9.96. The fraction of sp³-hybridized carbons (Fsp3) is 0.875. The lowest BCUT2D eigenvalue weighted by Gasteiger charge is -2.04. The number of nitrogens with one attached hydrogen (secondary N) is 1.